The Balaban J connectivity index is 1.74. The van der Waals surface area contributed by atoms with Crippen molar-refractivity contribution in [1.82, 2.24) is 14.6 Å². The number of hydrogen-bond donors (Lipinski definition) is 0. The molecule has 148 valence electrons. The molecule has 1 aliphatic heterocycles. The highest BCUT2D eigenvalue weighted by Gasteiger charge is 2.33. The van der Waals surface area contributed by atoms with Gasteiger partial charge in [0.1, 0.15) is 5.82 Å². The van der Waals surface area contributed by atoms with Crippen LogP contribution in [0.5, 0.6) is 0 Å². The molecular weight excluding hydrogens is 369 g/mol. The van der Waals surface area contributed by atoms with E-state index < -0.39 is 11.7 Å². The number of ether oxygens (including phenoxy) is 1. The second kappa shape index (κ2) is 7.09. The van der Waals surface area contributed by atoms with Crippen LogP contribution >= 0.6 is 0 Å². The van der Waals surface area contributed by atoms with E-state index in [0.29, 0.717) is 30.8 Å². The molecule has 0 aliphatic carbocycles. The van der Waals surface area contributed by atoms with Gasteiger partial charge < -0.3 is 9.64 Å². The maximum atomic E-state index is 13.3. The number of benzene rings is 1. The molecule has 2 aromatic heterocycles. The summed E-state index contributed by atoms with van der Waals surface area (Å²) in [6.45, 7) is 6.22. The lowest BCUT2D eigenvalue weighted by molar-refractivity contribution is -0.138. The molecule has 0 spiro atoms. The Morgan fingerprint density at radius 1 is 1.11 bits per heavy atom. The van der Waals surface area contributed by atoms with Gasteiger partial charge in [-0.15, -0.1) is 0 Å². The van der Waals surface area contributed by atoms with E-state index in [1.54, 1.807) is 10.6 Å². The molecule has 1 fully saturated rings. The first kappa shape index (κ1) is 18.7. The van der Waals surface area contributed by atoms with E-state index in [9.17, 15) is 13.2 Å². The Labute approximate surface area is 160 Å². The van der Waals surface area contributed by atoms with Gasteiger partial charge in [0, 0.05) is 31.3 Å². The number of aromatic nitrogens is 3. The lowest BCUT2D eigenvalue weighted by Crippen LogP contribution is -2.36. The van der Waals surface area contributed by atoms with E-state index in [4.69, 9.17) is 9.72 Å². The minimum absolute atomic E-state index is 0.248. The average molecular weight is 390 g/mol. The van der Waals surface area contributed by atoms with Crippen LogP contribution in [-0.4, -0.2) is 40.9 Å². The van der Waals surface area contributed by atoms with Gasteiger partial charge in [0.25, 0.3) is 0 Å². The van der Waals surface area contributed by atoms with Crippen LogP contribution in [0.25, 0.3) is 5.65 Å². The first-order valence-electron chi connectivity index (χ1n) is 9.18. The molecule has 0 amide bonds. The molecule has 4 rings (SSSR count). The predicted molar refractivity (Wildman–Crippen MR) is 99.7 cm³/mol. The smallest absolute Gasteiger partial charge is 0.378 e. The van der Waals surface area contributed by atoms with Crippen molar-refractivity contribution in [3.8, 4) is 0 Å². The summed E-state index contributed by atoms with van der Waals surface area (Å²) in [7, 11) is 0. The summed E-state index contributed by atoms with van der Waals surface area (Å²) in [4.78, 5) is 6.91. The van der Waals surface area contributed by atoms with Gasteiger partial charge in [0.2, 0.25) is 0 Å². The van der Waals surface area contributed by atoms with E-state index in [-0.39, 0.29) is 5.56 Å². The number of fused-ring (bicyclic) bond motifs is 1. The molecule has 8 heteroatoms. The van der Waals surface area contributed by atoms with Gasteiger partial charge in [-0.2, -0.15) is 18.3 Å². The number of nitrogens with zero attached hydrogens (tertiary/aromatic N) is 4. The quantitative estimate of drug-likeness (QED) is 0.683. The van der Waals surface area contributed by atoms with Crippen molar-refractivity contribution in [1.29, 1.82) is 0 Å². The number of rotatable bonds is 3. The van der Waals surface area contributed by atoms with Gasteiger partial charge in [-0.3, -0.25) is 0 Å². The van der Waals surface area contributed by atoms with Crippen LogP contribution in [0.1, 0.15) is 27.9 Å². The van der Waals surface area contributed by atoms with Crippen molar-refractivity contribution in [3.63, 3.8) is 0 Å². The van der Waals surface area contributed by atoms with E-state index in [1.807, 2.05) is 19.2 Å². The first-order chi connectivity index (χ1) is 13.3. The largest absolute Gasteiger partial charge is 0.416 e. The van der Waals surface area contributed by atoms with E-state index in [2.05, 4.69) is 10.00 Å². The van der Waals surface area contributed by atoms with Gasteiger partial charge in [0.05, 0.1) is 24.5 Å². The zero-order valence-electron chi connectivity index (χ0n) is 15.8. The SMILES string of the molecule is Cc1nn2ccc(N3CCOCC3)nc2c1Cc1cccc(C(F)(F)F)c1C. The van der Waals surface area contributed by atoms with E-state index in [1.165, 1.54) is 13.0 Å². The van der Waals surface area contributed by atoms with E-state index in [0.717, 1.165) is 36.2 Å². The van der Waals surface area contributed by atoms with Crippen molar-refractivity contribution < 1.29 is 17.9 Å². The number of anilines is 1. The van der Waals surface area contributed by atoms with Crippen LogP contribution in [0.3, 0.4) is 0 Å². The normalized spacial score (nSPS) is 15.4. The summed E-state index contributed by atoms with van der Waals surface area (Å²) in [5.74, 6) is 0.831. The van der Waals surface area contributed by atoms with Crippen molar-refractivity contribution in [3.05, 3.63) is 58.4 Å². The Hall–Kier alpha value is -2.61. The highest BCUT2D eigenvalue weighted by Crippen LogP contribution is 2.34. The number of hydrogen-bond acceptors (Lipinski definition) is 4. The van der Waals surface area contributed by atoms with Crippen LogP contribution in [0.2, 0.25) is 0 Å². The molecule has 28 heavy (non-hydrogen) atoms. The fraction of sp³-hybridized carbons (Fsp3) is 0.400. The second-order valence-electron chi connectivity index (χ2n) is 6.98. The topological polar surface area (TPSA) is 42.7 Å². The molecule has 0 unspecified atom stereocenters. The van der Waals surface area contributed by atoms with Gasteiger partial charge in [-0.05, 0) is 37.1 Å². The summed E-state index contributed by atoms with van der Waals surface area (Å²) >= 11 is 0. The minimum Gasteiger partial charge on any atom is -0.378 e. The van der Waals surface area contributed by atoms with E-state index >= 15 is 0 Å². The third-order valence-electron chi connectivity index (χ3n) is 5.22. The van der Waals surface area contributed by atoms with Crippen LogP contribution < -0.4 is 4.90 Å². The zero-order chi connectivity index (χ0) is 19.9. The molecule has 0 saturated carbocycles. The molecule has 0 atom stereocenters. The van der Waals surface area contributed by atoms with Crippen molar-refractivity contribution >= 4 is 11.5 Å². The molecule has 0 bridgehead atoms. The Morgan fingerprint density at radius 3 is 2.57 bits per heavy atom. The summed E-state index contributed by atoms with van der Waals surface area (Å²) in [6.07, 6.45) is -2.16. The lowest BCUT2D eigenvalue weighted by atomic mass is 9.96. The Kier molecular flexibility index (Phi) is 4.74. The van der Waals surface area contributed by atoms with Crippen molar-refractivity contribution in [2.24, 2.45) is 0 Å². The molecule has 1 saturated heterocycles. The van der Waals surface area contributed by atoms with Crippen LogP contribution in [0, 0.1) is 13.8 Å². The summed E-state index contributed by atoms with van der Waals surface area (Å²) in [5.41, 5.74) is 2.57. The first-order valence-corrected chi connectivity index (χ1v) is 9.18. The van der Waals surface area contributed by atoms with Gasteiger partial charge in [-0.25, -0.2) is 9.50 Å². The molecular formula is C20H21F3N4O. The molecule has 1 aromatic carbocycles. The molecule has 5 nitrogen and oxygen atoms in total. The molecule has 1 aliphatic rings. The maximum absolute atomic E-state index is 13.3. The fourth-order valence-electron chi connectivity index (χ4n) is 3.62. The number of morpholine rings is 1. The highest BCUT2D eigenvalue weighted by atomic mass is 19.4. The van der Waals surface area contributed by atoms with Crippen LogP contribution in [0.4, 0.5) is 19.0 Å². The monoisotopic (exact) mass is 390 g/mol. The molecule has 0 radical (unpaired) electrons. The minimum atomic E-state index is -4.36. The van der Waals surface area contributed by atoms with Gasteiger partial charge in [0.15, 0.2) is 5.65 Å². The predicted octanol–water partition coefficient (Wildman–Crippen LogP) is 3.79. The van der Waals surface area contributed by atoms with Gasteiger partial charge >= 0.3 is 6.18 Å². The standard InChI is InChI=1S/C20H21F3N4O/c1-13-15(4-3-5-17(13)20(21,22)23)12-16-14(2)25-27-7-6-18(24-19(16)27)26-8-10-28-11-9-26/h3-7H,8-12H2,1-2H3. The van der Waals surface area contributed by atoms with Crippen molar-refractivity contribution in [2.45, 2.75) is 26.4 Å². The third-order valence-corrected chi connectivity index (χ3v) is 5.22. The number of aryl methyl sites for hydroxylation is 1. The number of alkyl halides is 3. The van der Waals surface area contributed by atoms with Crippen LogP contribution in [0.15, 0.2) is 30.5 Å². The molecule has 3 aromatic rings. The maximum Gasteiger partial charge on any atom is 0.416 e. The Morgan fingerprint density at radius 2 is 1.86 bits per heavy atom. The van der Waals surface area contributed by atoms with Gasteiger partial charge in [-0.1, -0.05) is 12.1 Å². The molecule has 0 N–H and O–H groups in total. The summed E-state index contributed by atoms with van der Waals surface area (Å²) in [5, 5.41) is 4.49. The zero-order valence-corrected chi connectivity index (χ0v) is 15.8. The second-order valence-corrected chi connectivity index (χ2v) is 6.98. The third kappa shape index (κ3) is 3.44. The van der Waals surface area contributed by atoms with Crippen LogP contribution in [-0.2, 0) is 17.3 Å². The summed E-state index contributed by atoms with van der Waals surface area (Å²) in [6, 6.07) is 6.22. The average Bonchev–Trinajstić information content (AvgIpc) is 2.98. The summed E-state index contributed by atoms with van der Waals surface area (Å²) < 4.78 is 46.8. The van der Waals surface area contributed by atoms with Crippen molar-refractivity contribution in [2.75, 3.05) is 31.2 Å². The Bertz CT molecular complexity index is 1010. The highest BCUT2D eigenvalue weighted by molar-refractivity contribution is 5.57. The fourth-order valence-corrected chi connectivity index (χ4v) is 3.62. The molecule has 3 heterocycles. The number of halogens is 3. The lowest BCUT2D eigenvalue weighted by Gasteiger charge is -2.27.